The van der Waals surface area contributed by atoms with E-state index in [4.69, 9.17) is 45.5 Å². The monoisotopic (exact) mass is 1000 g/mol. The second kappa shape index (κ2) is 24.4. The fraction of sp³-hybridized carbons (Fsp3) is 0.537. The molecule has 17 nitrogen and oxygen atoms in total. The first-order chi connectivity index (χ1) is 35.5. The first kappa shape index (κ1) is 50.0. The molecule has 0 amide bonds. The van der Waals surface area contributed by atoms with Gasteiger partial charge in [-0.25, -0.2) is 9.97 Å². The van der Waals surface area contributed by atoms with Crippen LogP contribution >= 0.6 is 11.6 Å². The molecule has 3 fully saturated rings. The molecule has 2 aromatic carbocycles. The fourth-order valence-electron chi connectivity index (χ4n) is 10.8. The van der Waals surface area contributed by atoms with E-state index in [-0.39, 0.29) is 12.6 Å². The van der Waals surface area contributed by atoms with Crippen LogP contribution in [-0.4, -0.2) is 150 Å². The molecule has 4 aliphatic heterocycles. The van der Waals surface area contributed by atoms with Gasteiger partial charge in [-0.2, -0.15) is 19.6 Å². The Labute approximate surface area is 428 Å². The molecule has 4 aromatic heterocycles. The smallest absolute Gasteiger partial charge is 0.318 e. The van der Waals surface area contributed by atoms with Crippen LogP contribution in [-0.2, 0) is 35.4 Å². The minimum Gasteiger partial charge on any atom is -0.475 e. The van der Waals surface area contributed by atoms with Crippen molar-refractivity contribution in [1.29, 1.82) is 0 Å². The van der Waals surface area contributed by atoms with Crippen LogP contribution in [0.1, 0.15) is 74.3 Å². The van der Waals surface area contributed by atoms with Crippen LogP contribution in [0, 0.1) is 0 Å². The highest BCUT2D eigenvalue weighted by molar-refractivity contribution is 6.36. The van der Waals surface area contributed by atoms with Gasteiger partial charge in [0.2, 0.25) is 5.88 Å². The van der Waals surface area contributed by atoms with Crippen molar-refractivity contribution < 1.29 is 24.1 Å². The molecule has 3 saturated heterocycles. The Morgan fingerprint density at radius 1 is 0.833 bits per heavy atom. The Balaban J connectivity index is 0.636. The predicted molar refractivity (Wildman–Crippen MR) is 283 cm³/mol. The molecule has 0 bridgehead atoms. The van der Waals surface area contributed by atoms with E-state index in [1.165, 1.54) is 12.0 Å². The number of ether oxygens (including phenoxy) is 4. The number of fused-ring (bicyclic) bond motifs is 3. The fourth-order valence-corrected chi connectivity index (χ4v) is 11.1. The average Bonchev–Trinajstić information content (AvgIpc) is 4.07. The number of rotatable bonds is 23. The van der Waals surface area contributed by atoms with E-state index in [1.54, 1.807) is 0 Å². The van der Waals surface area contributed by atoms with Gasteiger partial charge in [-0.05, 0) is 87.4 Å². The largest absolute Gasteiger partial charge is 0.475 e. The molecule has 0 saturated carbocycles. The topological polar surface area (TPSA) is 163 Å². The molecule has 2 unspecified atom stereocenters. The van der Waals surface area contributed by atoms with Crippen LogP contribution < -0.4 is 34.8 Å². The summed E-state index contributed by atoms with van der Waals surface area (Å²) < 4.78 is 26.1. The molecule has 0 spiro atoms. The zero-order valence-corrected chi connectivity index (χ0v) is 42.6. The van der Waals surface area contributed by atoms with Crippen molar-refractivity contribution in [2.24, 2.45) is 0 Å². The molecule has 4 aliphatic rings. The van der Waals surface area contributed by atoms with Gasteiger partial charge in [0.25, 0.3) is 0 Å². The molecule has 10 rings (SSSR count). The summed E-state index contributed by atoms with van der Waals surface area (Å²) in [7, 11) is 0. The molecule has 18 heteroatoms. The minimum atomic E-state index is 0.176. The summed E-state index contributed by atoms with van der Waals surface area (Å²) in [5, 5.41) is 24.5. The number of nitrogens with one attached hydrogen (secondary N) is 2. The summed E-state index contributed by atoms with van der Waals surface area (Å²) >= 11 is 6.78. The van der Waals surface area contributed by atoms with E-state index < -0.39 is 0 Å². The standard InChI is InChI=1S/C54H71ClN12O5/c1-2-40-36-59-67-48(33-49(61-52(40)67)66-23-4-3-11-42(66)18-27-68)57-34-39-15-16-50(58-35-39)71-32-31-70-30-29-69-28-8-22-63-21-7-12-43(63)38-72-54-60-46-37-65(47-14-6-10-41-9-5-13-45(55)51(41)47)24-17-44(46)53(62-54)64-25-19-56-20-26-64/h5-6,9-10,13-16,33,35-36,42-43,56-57,68H,2-4,7-8,11-12,17-32,34,37-38H2,1H3. The number of hydrogen-bond donors (Lipinski definition) is 3. The first-order valence-corrected chi connectivity index (χ1v) is 26.8. The van der Waals surface area contributed by atoms with E-state index in [0.717, 1.165) is 165 Å². The van der Waals surface area contributed by atoms with Crippen molar-refractivity contribution in [3.05, 3.63) is 94.4 Å². The molecule has 6 aromatic rings. The number of piperidine rings is 1. The minimum absolute atomic E-state index is 0.176. The number of aliphatic hydroxyl groups excluding tert-OH is 1. The Morgan fingerprint density at radius 2 is 1.68 bits per heavy atom. The van der Waals surface area contributed by atoms with Gasteiger partial charge in [-0.3, -0.25) is 4.90 Å². The maximum atomic E-state index is 9.74. The number of anilines is 4. The summed E-state index contributed by atoms with van der Waals surface area (Å²) in [5.74, 6) is 3.39. The van der Waals surface area contributed by atoms with Gasteiger partial charge in [0.1, 0.15) is 30.7 Å². The van der Waals surface area contributed by atoms with Gasteiger partial charge in [0.05, 0.1) is 43.3 Å². The highest BCUT2D eigenvalue weighted by atomic mass is 35.5. The van der Waals surface area contributed by atoms with Gasteiger partial charge in [-0.15, -0.1) is 0 Å². The van der Waals surface area contributed by atoms with Crippen molar-refractivity contribution in [2.45, 2.75) is 89.9 Å². The zero-order valence-electron chi connectivity index (χ0n) is 41.8. The van der Waals surface area contributed by atoms with Gasteiger partial charge in [0.15, 0.2) is 5.65 Å². The van der Waals surface area contributed by atoms with Gasteiger partial charge in [-0.1, -0.05) is 48.9 Å². The van der Waals surface area contributed by atoms with Crippen molar-refractivity contribution in [3.8, 4) is 11.9 Å². The number of piperazine rings is 1. The highest BCUT2D eigenvalue weighted by Crippen LogP contribution is 2.37. The maximum Gasteiger partial charge on any atom is 0.318 e. The van der Waals surface area contributed by atoms with Crippen LogP contribution in [0.25, 0.3) is 16.4 Å². The molecule has 384 valence electrons. The molecule has 72 heavy (non-hydrogen) atoms. The number of aliphatic hydroxyl groups is 1. The van der Waals surface area contributed by atoms with E-state index in [2.05, 4.69) is 77.6 Å². The SMILES string of the molecule is CCc1cnn2c(NCc3ccc(OCCOCCOCCCN4CCCC4COc4nc5c(c(N6CCNCC6)n4)CCN(c4cccc6cccc(Cl)c46)C5)nc3)cc(N3CCCCC3CCO)nc12. The quantitative estimate of drug-likeness (QED) is 0.0565. The lowest BCUT2D eigenvalue weighted by molar-refractivity contribution is 0.0323. The Hall–Kier alpha value is -5.56. The number of hydrogen-bond acceptors (Lipinski definition) is 16. The van der Waals surface area contributed by atoms with Crippen molar-refractivity contribution in [1.82, 2.24) is 39.8 Å². The van der Waals surface area contributed by atoms with E-state index >= 15 is 0 Å². The Bertz CT molecular complexity index is 2700. The van der Waals surface area contributed by atoms with Crippen molar-refractivity contribution in [3.63, 3.8) is 0 Å². The van der Waals surface area contributed by atoms with Gasteiger partial charge >= 0.3 is 6.01 Å². The van der Waals surface area contributed by atoms with Crippen LogP contribution in [0.15, 0.2) is 67.0 Å². The number of halogens is 1. The second-order valence-corrected chi connectivity index (χ2v) is 19.7. The lowest BCUT2D eigenvalue weighted by atomic mass is 9.99. The van der Waals surface area contributed by atoms with Gasteiger partial charge in [0, 0.05) is 118 Å². The Kier molecular flexibility index (Phi) is 17.0. The second-order valence-electron chi connectivity index (χ2n) is 19.3. The highest BCUT2D eigenvalue weighted by Gasteiger charge is 2.30. The summed E-state index contributed by atoms with van der Waals surface area (Å²) in [5.41, 5.74) is 6.40. The molecule has 0 radical (unpaired) electrons. The average molecular weight is 1000 g/mol. The first-order valence-electron chi connectivity index (χ1n) is 26.4. The number of aryl methyl sites for hydroxylation is 1. The van der Waals surface area contributed by atoms with Gasteiger partial charge < -0.3 is 49.4 Å². The third-order valence-electron chi connectivity index (χ3n) is 14.7. The van der Waals surface area contributed by atoms with Crippen LogP contribution in [0.3, 0.4) is 0 Å². The summed E-state index contributed by atoms with van der Waals surface area (Å²) in [6.07, 6.45) is 12.7. The van der Waals surface area contributed by atoms with Crippen LogP contribution in [0.5, 0.6) is 11.9 Å². The normalized spacial score (nSPS) is 18.6. The Morgan fingerprint density at radius 3 is 2.53 bits per heavy atom. The third-order valence-corrected chi connectivity index (χ3v) is 15.0. The maximum absolute atomic E-state index is 9.74. The summed E-state index contributed by atoms with van der Waals surface area (Å²) in [6.45, 7) is 14.2. The number of benzene rings is 2. The predicted octanol–water partition coefficient (Wildman–Crippen LogP) is 6.95. The van der Waals surface area contributed by atoms with E-state index in [0.29, 0.717) is 70.7 Å². The molecular formula is C54H71ClN12O5. The number of nitrogens with zero attached hydrogens (tertiary/aromatic N) is 10. The molecule has 0 aliphatic carbocycles. The zero-order chi connectivity index (χ0) is 49.1. The lowest BCUT2D eigenvalue weighted by Gasteiger charge is -2.36. The molecular weight excluding hydrogens is 932 g/mol. The molecule has 2 atom stereocenters. The van der Waals surface area contributed by atoms with Crippen LogP contribution in [0.4, 0.5) is 23.1 Å². The number of aromatic nitrogens is 6. The molecule has 3 N–H and O–H groups in total. The van der Waals surface area contributed by atoms with Crippen molar-refractivity contribution >= 4 is 51.2 Å². The van der Waals surface area contributed by atoms with E-state index in [9.17, 15) is 5.11 Å². The third kappa shape index (κ3) is 11.9. The number of likely N-dealkylation sites (tertiary alicyclic amines) is 1. The van der Waals surface area contributed by atoms with Crippen LogP contribution in [0.2, 0.25) is 5.02 Å². The van der Waals surface area contributed by atoms with Crippen molar-refractivity contribution in [2.75, 3.05) is 119 Å². The van der Waals surface area contributed by atoms with E-state index in [1.807, 2.05) is 41.2 Å². The molecule has 8 heterocycles. The summed E-state index contributed by atoms with van der Waals surface area (Å²) in [4.78, 5) is 29.5. The number of pyridine rings is 1. The lowest BCUT2D eigenvalue weighted by Crippen LogP contribution is -2.45. The summed E-state index contributed by atoms with van der Waals surface area (Å²) in [6, 6.07) is 19.6.